The maximum absolute atomic E-state index is 12.0. The van der Waals surface area contributed by atoms with Crippen LogP contribution in [-0.2, 0) is 4.79 Å². The van der Waals surface area contributed by atoms with Crippen LogP contribution in [0.25, 0.3) is 0 Å². The average molecular weight is 303 g/mol. The summed E-state index contributed by atoms with van der Waals surface area (Å²) in [5.41, 5.74) is 0.455. The van der Waals surface area contributed by atoms with E-state index in [4.69, 9.17) is 5.11 Å². The lowest BCUT2D eigenvalue weighted by Crippen LogP contribution is -2.36. The van der Waals surface area contributed by atoms with Gasteiger partial charge in [0.1, 0.15) is 5.69 Å². The number of aliphatic carboxylic acids is 1. The molecule has 0 aliphatic heterocycles. The van der Waals surface area contributed by atoms with Gasteiger partial charge >= 0.3 is 5.97 Å². The zero-order valence-corrected chi connectivity index (χ0v) is 11.3. The summed E-state index contributed by atoms with van der Waals surface area (Å²) in [6.07, 6.45) is 1.67. The maximum atomic E-state index is 12.0. The minimum atomic E-state index is -0.899. The van der Waals surface area contributed by atoms with E-state index in [1.165, 1.54) is 4.90 Å². The number of amides is 1. The second kappa shape index (κ2) is 5.86. The average Bonchev–Trinajstić information content (AvgIpc) is 2.71. The van der Waals surface area contributed by atoms with Crippen LogP contribution in [0, 0.1) is 5.92 Å². The van der Waals surface area contributed by atoms with Crippen molar-refractivity contribution in [2.75, 3.05) is 13.1 Å². The third-order valence-corrected chi connectivity index (χ3v) is 2.92. The highest BCUT2D eigenvalue weighted by atomic mass is 79.9. The zero-order valence-electron chi connectivity index (χ0n) is 9.74. The second-order valence-electron chi connectivity index (χ2n) is 3.81. The lowest BCUT2D eigenvalue weighted by molar-refractivity contribution is -0.141. The topological polar surface area (TPSA) is 73.4 Å². The molecule has 2 N–H and O–H groups in total. The summed E-state index contributed by atoms with van der Waals surface area (Å²) in [6.45, 7) is 4.10. The highest BCUT2D eigenvalue weighted by Crippen LogP contribution is 2.13. The number of carboxylic acids is 1. The fourth-order valence-corrected chi connectivity index (χ4v) is 1.77. The molecule has 0 aliphatic carbocycles. The number of rotatable bonds is 5. The van der Waals surface area contributed by atoms with E-state index in [1.54, 1.807) is 19.2 Å². The van der Waals surface area contributed by atoms with E-state index in [1.807, 2.05) is 6.92 Å². The normalized spacial score (nSPS) is 12.2. The molecule has 0 aliphatic rings. The predicted molar refractivity (Wildman–Crippen MR) is 66.9 cm³/mol. The fourth-order valence-electron chi connectivity index (χ4n) is 1.43. The van der Waals surface area contributed by atoms with Gasteiger partial charge in [0.15, 0.2) is 0 Å². The monoisotopic (exact) mass is 302 g/mol. The Balaban J connectivity index is 2.74. The number of carbonyl (C=O) groups excluding carboxylic acids is 1. The molecule has 0 saturated heterocycles. The van der Waals surface area contributed by atoms with Crippen LogP contribution in [0.4, 0.5) is 0 Å². The first-order chi connectivity index (χ1) is 7.95. The van der Waals surface area contributed by atoms with E-state index in [0.29, 0.717) is 12.2 Å². The molecule has 0 aromatic carbocycles. The van der Waals surface area contributed by atoms with Gasteiger partial charge in [-0.2, -0.15) is 0 Å². The van der Waals surface area contributed by atoms with Gasteiger partial charge in [-0.3, -0.25) is 9.59 Å². The number of carboxylic acid groups (broad SMARTS) is 1. The third kappa shape index (κ3) is 3.59. The summed E-state index contributed by atoms with van der Waals surface area (Å²) >= 11 is 3.25. The van der Waals surface area contributed by atoms with Gasteiger partial charge in [-0.1, -0.05) is 6.92 Å². The van der Waals surface area contributed by atoms with E-state index >= 15 is 0 Å². The summed E-state index contributed by atoms with van der Waals surface area (Å²) in [4.78, 5) is 27.1. The SMILES string of the molecule is CCN(CC(C)C(=O)O)C(=O)c1cc(Br)c[nH]1. The minimum absolute atomic E-state index is 0.189. The summed E-state index contributed by atoms with van der Waals surface area (Å²) in [5, 5.41) is 8.83. The molecule has 94 valence electrons. The van der Waals surface area contributed by atoms with Gasteiger partial charge in [-0.25, -0.2) is 0 Å². The molecule has 1 heterocycles. The quantitative estimate of drug-likeness (QED) is 0.873. The maximum Gasteiger partial charge on any atom is 0.308 e. The van der Waals surface area contributed by atoms with Crippen LogP contribution in [0.2, 0.25) is 0 Å². The Morgan fingerprint density at radius 1 is 1.59 bits per heavy atom. The Morgan fingerprint density at radius 2 is 2.24 bits per heavy atom. The van der Waals surface area contributed by atoms with Gasteiger partial charge < -0.3 is 15.0 Å². The number of aromatic nitrogens is 1. The first-order valence-corrected chi connectivity index (χ1v) is 6.11. The summed E-state index contributed by atoms with van der Waals surface area (Å²) in [5.74, 6) is -1.66. The highest BCUT2D eigenvalue weighted by molar-refractivity contribution is 9.10. The first kappa shape index (κ1) is 13.8. The molecule has 6 heteroatoms. The lowest BCUT2D eigenvalue weighted by Gasteiger charge is -2.22. The van der Waals surface area contributed by atoms with E-state index in [-0.39, 0.29) is 12.5 Å². The number of carbonyl (C=O) groups is 2. The third-order valence-electron chi connectivity index (χ3n) is 2.46. The van der Waals surface area contributed by atoms with Crippen molar-refractivity contribution in [3.05, 3.63) is 22.4 Å². The van der Waals surface area contributed by atoms with E-state index in [0.717, 1.165) is 4.47 Å². The van der Waals surface area contributed by atoms with Crippen LogP contribution < -0.4 is 0 Å². The van der Waals surface area contributed by atoms with Crippen molar-refractivity contribution in [1.29, 1.82) is 0 Å². The molecule has 1 rings (SSSR count). The highest BCUT2D eigenvalue weighted by Gasteiger charge is 2.21. The number of halogens is 1. The molecule has 0 bridgehead atoms. The van der Waals surface area contributed by atoms with Crippen LogP contribution in [0.5, 0.6) is 0 Å². The molecule has 5 nitrogen and oxygen atoms in total. The Bertz CT molecular complexity index is 417. The standard InChI is InChI=1S/C11H15BrN2O3/c1-3-14(6-7(2)11(16)17)10(15)9-4-8(12)5-13-9/h4-5,7,13H,3,6H2,1-2H3,(H,16,17). The van der Waals surface area contributed by atoms with Gasteiger partial charge in [0.2, 0.25) is 0 Å². The van der Waals surface area contributed by atoms with Gasteiger partial charge in [0.05, 0.1) is 5.92 Å². The molecule has 1 aromatic heterocycles. The van der Waals surface area contributed by atoms with Crippen LogP contribution >= 0.6 is 15.9 Å². The molecule has 0 saturated carbocycles. The predicted octanol–water partition coefficient (Wildman–Crippen LogP) is 1.96. The summed E-state index contributed by atoms with van der Waals surface area (Å²) in [7, 11) is 0. The lowest BCUT2D eigenvalue weighted by atomic mass is 10.1. The molecule has 1 unspecified atom stereocenters. The Labute approximate surface area is 108 Å². The van der Waals surface area contributed by atoms with Crippen molar-refractivity contribution >= 4 is 27.8 Å². The summed E-state index contributed by atoms with van der Waals surface area (Å²) < 4.78 is 0.795. The van der Waals surface area contributed by atoms with Gasteiger partial charge in [-0.15, -0.1) is 0 Å². The van der Waals surface area contributed by atoms with Crippen molar-refractivity contribution < 1.29 is 14.7 Å². The van der Waals surface area contributed by atoms with Gasteiger partial charge in [0, 0.05) is 23.8 Å². The van der Waals surface area contributed by atoms with E-state index in [2.05, 4.69) is 20.9 Å². The molecule has 0 spiro atoms. The van der Waals surface area contributed by atoms with Crippen LogP contribution in [-0.4, -0.2) is 40.0 Å². The minimum Gasteiger partial charge on any atom is -0.481 e. The molecule has 0 radical (unpaired) electrons. The fraction of sp³-hybridized carbons (Fsp3) is 0.455. The molecule has 0 fully saturated rings. The van der Waals surface area contributed by atoms with Crippen LogP contribution in [0.15, 0.2) is 16.7 Å². The second-order valence-corrected chi connectivity index (χ2v) is 4.73. The van der Waals surface area contributed by atoms with Crippen molar-refractivity contribution in [2.24, 2.45) is 5.92 Å². The van der Waals surface area contributed by atoms with Gasteiger partial charge in [0.25, 0.3) is 5.91 Å². The zero-order chi connectivity index (χ0) is 13.0. The van der Waals surface area contributed by atoms with Crippen LogP contribution in [0.3, 0.4) is 0 Å². The van der Waals surface area contributed by atoms with Crippen molar-refractivity contribution in [3.8, 4) is 0 Å². The number of hydrogen-bond donors (Lipinski definition) is 2. The number of nitrogens with one attached hydrogen (secondary N) is 1. The number of hydrogen-bond acceptors (Lipinski definition) is 2. The smallest absolute Gasteiger partial charge is 0.308 e. The Hall–Kier alpha value is -1.30. The summed E-state index contributed by atoms with van der Waals surface area (Å²) in [6, 6.07) is 1.68. The Morgan fingerprint density at radius 3 is 2.65 bits per heavy atom. The van der Waals surface area contributed by atoms with E-state index in [9.17, 15) is 9.59 Å². The van der Waals surface area contributed by atoms with E-state index < -0.39 is 11.9 Å². The van der Waals surface area contributed by atoms with Crippen molar-refractivity contribution in [1.82, 2.24) is 9.88 Å². The molecule has 1 aromatic rings. The molecule has 17 heavy (non-hydrogen) atoms. The molecular formula is C11H15BrN2O3. The molecule has 1 atom stereocenters. The van der Waals surface area contributed by atoms with Gasteiger partial charge in [-0.05, 0) is 28.9 Å². The Kier molecular flexibility index (Phi) is 4.74. The number of H-pyrrole nitrogens is 1. The largest absolute Gasteiger partial charge is 0.481 e. The van der Waals surface area contributed by atoms with Crippen molar-refractivity contribution in [2.45, 2.75) is 13.8 Å². The number of nitrogens with zero attached hydrogens (tertiary/aromatic N) is 1. The molecule has 1 amide bonds. The molecular weight excluding hydrogens is 288 g/mol. The number of aromatic amines is 1. The van der Waals surface area contributed by atoms with Crippen molar-refractivity contribution in [3.63, 3.8) is 0 Å². The van der Waals surface area contributed by atoms with Crippen LogP contribution in [0.1, 0.15) is 24.3 Å². The first-order valence-electron chi connectivity index (χ1n) is 5.31.